The SMILES string of the molecule is Nc1nc(=O)n([C@H]2CC(O)[C@@H](CO)O2)cc1C[C@H](O)[C@@H](O)CO. The molecule has 1 unspecified atom stereocenters. The molecule has 1 fully saturated rings. The first-order valence-corrected chi connectivity index (χ1v) is 7.16. The van der Waals surface area contributed by atoms with Gasteiger partial charge >= 0.3 is 5.69 Å². The van der Waals surface area contributed by atoms with Crippen LogP contribution in [-0.4, -0.2) is 72.7 Å². The molecule has 0 bridgehead atoms. The number of ether oxygens (including phenoxy) is 1. The number of aliphatic hydroxyl groups excluding tert-OH is 5. The third-order valence-electron chi connectivity index (χ3n) is 3.82. The van der Waals surface area contributed by atoms with E-state index in [1.165, 1.54) is 6.20 Å². The molecule has 10 heteroatoms. The minimum atomic E-state index is -1.35. The molecule has 0 aliphatic carbocycles. The van der Waals surface area contributed by atoms with Gasteiger partial charge in [-0.3, -0.25) is 4.57 Å². The number of hydrogen-bond acceptors (Lipinski definition) is 9. The van der Waals surface area contributed by atoms with Crippen LogP contribution in [0.3, 0.4) is 0 Å². The number of nitrogens with two attached hydrogens (primary N) is 1. The van der Waals surface area contributed by atoms with Crippen molar-refractivity contribution < 1.29 is 30.3 Å². The third kappa shape index (κ3) is 3.86. The molecule has 2 rings (SSSR count). The topological polar surface area (TPSA) is 171 Å². The summed E-state index contributed by atoms with van der Waals surface area (Å²) in [4.78, 5) is 15.6. The number of rotatable bonds is 6. The minimum absolute atomic E-state index is 0.0952. The van der Waals surface area contributed by atoms with Crippen molar-refractivity contribution in [1.29, 1.82) is 0 Å². The molecule has 1 saturated heterocycles. The molecule has 130 valence electrons. The summed E-state index contributed by atoms with van der Waals surface area (Å²) >= 11 is 0. The predicted octanol–water partition coefficient (Wildman–Crippen LogP) is -3.28. The Morgan fingerprint density at radius 3 is 2.65 bits per heavy atom. The molecule has 0 saturated carbocycles. The molecule has 2 heterocycles. The van der Waals surface area contributed by atoms with Crippen LogP contribution in [0.2, 0.25) is 0 Å². The Morgan fingerprint density at radius 1 is 1.39 bits per heavy atom. The van der Waals surface area contributed by atoms with Gasteiger partial charge in [-0.05, 0) is 0 Å². The zero-order valence-corrected chi connectivity index (χ0v) is 12.3. The maximum absolute atomic E-state index is 12.0. The molecule has 7 N–H and O–H groups in total. The van der Waals surface area contributed by atoms with Gasteiger partial charge in [-0.15, -0.1) is 0 Å². The number of nitrogens with zero attached hydrogens (tertiary/aromatic N) is 2. The lowest BCUT2D eigenvalue weighted by molar-refractivity contribution is -0.0460. The molecule has 1 aromatic rings. The molecule has 23 heavy (non-hydrogen) atoms. The van der Waals surface area contributed by atoms with E-state index in [2.05, 4.69) is 4.98 Å². The van der Waals surface area contributed by atoms with Gasteiger partial charge in [0.25, 0.3) is 0 Å². The molecule has 0 spiro atoms. The van der Waals surface area contributed by atoms with Gasteiger partial charge in [0.1, 0.15) is 24.3 Å². The fourth-order valence-electron chi connectivity index (χ4n) is 2.42. The average Bonchev–Trinajstić information content (AvgIpc) is 2.89. The lowest BCUT2D eigenvalue weighted by Crippen LogP contribution is -2.33. The molecular formula is C13H21N3O7. The zero-order valence-electron chi connectivity index (χ0n) is 12.3. The van der Waals surface area contributed by atoms with Crippen molar-refractivity contribution in [1.82, 2.24) is 9.55 Å². The van der Waals surface area contributed by atoms with Crippen molar-refractivity contribution in [2.24, 2.45) is 0 Å². The Kier molecular flexibility index (Phi) is 5.68. The summed E-state index contributed by atoms with van der Waals surface area (Å²) in [6.45, 7) is -1.01. The lowest BCUT2D eigenvalue weighted by Gasteiger charge is -2.19. The Bertz CT molecular complexity index is 593. The second-order valence-electron chi connectivity index (χ2n) is 5.48. The van der Waals surface area contributed by atoms with Gasteiger partial charge in [-0.1, -0.05) is 0 Å². The first kappa shape index (κ1) is 17.8. The van der Waals surface area contributed by atoms with Gasteiger partial charge in [-0.2, -0.15) is 4.98 Å². The Balaban J connectivity index is 2.25. The average molecular weight is 331 g/mol. The zero-order chi connectivity index (χ0) is 17.1. The van der Waals surface area contributed by atoms with E-state index in [0.717, 1.165) is 4.57 Å². The molecule has 1 aliphatic rings. The highest BCUT2D eigenvalue weighted by Crippen LogP contribution is 2.28. The van der Waals surface area contributed by atoms with Crippen LogP contribution < -0.4 is 11.4 Å². The van der Waals surface area contributed by atoms with E-state index in [9.17, 15) is 20.1 Å². The fraction of sp³-hybridized carbons (Fsp3) is 0.692. The highest BCUT2D eigenvalue weighted by Gasteiger charge is 2.35. The van der Waals surface area contributed by atoms with Gasteiger partial charge in [0.05, 0.1) is 25.4 Å². The second kappa shape index (κ2) is 7.34. The van der Waals surface area contributed by atoms with Crippen molar-refractivity contribution in [2.75, 3.05) is 18.9 Å². The summed E-state index contributed by atoms with van der Waals surface area (Å²) in [6, 6.07) is 0. The molecule has 0 radical (unpaired) electrons. The number of hydrogen-bond donors (Lipinski definition) is 6. The summed E-state index contributed by atoms with van der Waals surface area (Å²) in [5, 5.41) is 46.8. The van der Waals surface area contributed by atoms with Gasteiger partial charge in [0.15, 0.2) is 0 Å². The van der Waals surface area contributed by atoms with E-state index in [-0.39, 0.29) is 30.8 Å². The van der Waals surface area contributed by atoms with E-state index < -0.39 is 42.9 Å². The van der Waals surface area contributed by atoms with Gasteiger partial charge in [-0.25, -0.2) is 4.79 Å². The van der Waals surface area contributed by atoms with E-state index in [1.807, 2.05) is 0 Å². The largest absolute Gasteiger partial charge is 0.394 e. The van der Waals surface area contributed by atoms with Crippen molar-refractivity contribution >= 4 is 5.82 Å². The van der Waals surface area contributed by atoms with Crippen LogP contribution in [0, 0.1) is 0 Å². The maximum atomic E-state index is 12.0. The monoisotopic (exact) mass is 331 g/mol. The van der Waals surface area contributed by atoms with Crippen molar-refractivity contribution in [3.8, 4) is 0 Å². The molecule has 10 nitrogen and oxygen atoms in total. The minimum Gasteiger partial charge on any atom is -0.394 e. The quantitative estimate of drug-likeness (QED) is 0.313. The molecule has 1 aromatic heterocycles. The Labute approximate surface area is 131 Å². The highest BCUT2D eigenvalue weighted by atomic mass is 16.5. The van der Waals surface area contributed by atoms with Crippen LogP contribution in [0.4, 0.5) is 5.82 Å². The Morgan fingerprint density at radius 2 is 2.09 bits per heavy atom. The van der Waals surface area contributed by atoms with Crippen LogP contribution in [0.15, 0.2) is 11.0 Å². The lowest BCUT2D eigenvalue weighted by atomic mass is 10.1. The van der Waals surface area contributed by atoms with Crippen molar-refractivity contribution in [3.63, 3.8) is 0 Å². The number of anilines is 1. The van der Waals surface area contributed by atoms with Crippen LogP contribution >= 0.6 is 0 Å². The van der Waals surface area contributed by atoms with E-state index in [4.69, 9.17) is 20.7 Å². The van der Waals surface area contributed by atoms with E-state index in [1.54, 1.807) is 0 Å². The normalized spacial score (nSPS) is 27.1. The molecule has 0 amide bonds. The first-order chi connectivity index (χ1) is 10.9. The van der Waals surface area contributed by atoms with Crippen LogP contribution in [0.1, 0.15) is 18.2 Å². The number of nitrogen functional groups attached to an aromatic ring is 1. The smallest absolute Gasteiger partial charge is 0.351 e. The summed E-state index contributed by atoms with van der Waals surface area (Å²) in [6.07, 6.45) is -3.86. The number of aliphatic hydroxyl groups is 5. The summed E-state index contributed by atoms with van der Waals surface area (Å²) < 4.78 is 6.50. The van der Waals surface area contributed by atoms with Crippen molar-refractivity contribution in [3.05, 3.63) is 22.2 Å². The third-order valence-corrected chi connectivity index (χ3v) is 3.82. The molecule has 1 aliphatic heterocycles. The summed E-state index contributed by atoms with van der Waals surface area (Å²) in [5.41, 5.74) is 5.24. The first-order valence-electron chi connectivity index (χ1n) is 7.16. The number of aromatic nitrogens is 2. The van der Waals surface area contributed by atoms with E-state index in [0.29, 0.717) is 0 Å². The van der Waals surface area contributed by atoms with Crippen LogP contribution in [0.25, 0.3) is 0 Å². The van der Waals surface area contributed by atoms with Gasteiger partial charge in [0, 0.05) is 24.6 Å². The van der Waals surface area contributed by atoms with Crippen molar-refractivity contribution in [2.45, 2.75) is 43.5 Å². The fourth-order valence-corrected chi connectivity index (χ4v) is 2.42. The summed E-state index contributed by atoms with van der Waals surface area (Å²) in [5.74, 6) is -0.104. The Hall–Kier alpha value is -1.56. The molecule has 5 atom stereocenters. The summed E-state index contributed by atoms with van der Waals surface area (Å²) in [7, 11) is 0. The van der Waals surface area contributed by atoms with Gasteiger partial charge < -0.3 is 36.0 Å². The van der Waals surface area contributed by atoms with Gasteiger partial charge in [0.2, 0.25) is 0 Å². The second-order valence-corrected chi connectivity index (χ2v) is 5.48. The van der Waals surface area contributed by atoms with Crippen LogP contribution in [0.5, 0.6) is 0 Å². The van der Waals surface area contributed by atoms with Crippen LogP contribution in [-0.2, 0) is 11.2 Å². The van der Waals surface area contributed by atoms with E-state index >= 15 is 0 Å². The standard InChI is InChI=1S/C13H21N3O7/c14-12-6(1-7(19)9(21)4-17)3-16(13(22)15-12)11-2-8(20)10(5-18)23-11/h3,7-11,17-21H,1-2,4-5H2,(H2,14,15,22)/t7-,8?,9-,10+,11+/m0/s1. The predicted molar refractivity (Wildman–Crippen MR) is 77.3 cm³/mol. The highest BCUT2D eigenvalue weighted by molar-refractivity contribution is 5.37. The molecule has 0 aromatic carbocycles. The molecular weight excluding hydrogens is 310 g/mol. The maximum Gasteiger partial charge on any atom is 0.351 e.